The maximum absolute atomic E-state index is 12.5. The van der Waals surface area contributed by atoms with Gasteiger partial charge < -0.3 is 5.32 Å². The molecular formula is C16H16Cl2N6O. The van der Waals surface area contributed by atoms with Gasteiger partial charge in [0.2, 0.25) is 5.91 Å². The first-order valence-electron chi connectivity index (χ1n) is 7.61. The lowest BCUT2D eigenvalue weighted by atomic mass is 10.1. The fourth-order valence-corrected chi connectivity index (χ4v) is 2.91. The number of anilines is 1. The fraction of sp³-hybridized carbons (Fsp3) is 0.250. The van der Waals surface area contributed by atoms with Crippen LogP contribution in [0.4, 0.5) is 5.82 Å². The molecule has 9 heteroatoms. The predicted octanol–water partition coefficient (Wildman–Crippen LogP) is 3.59. The molecule has 0 aliphatic rings. The van der Waals surface area contributed by atoms with Gasteiger partial charge in [0.25, 0.3) is 0 Å². The monoisotopic (exact) mass is 378 g/mol. The number of amides is 1. The molecule has 0 radical (unpaired) electrons. The number of hydrogen-bond donors (Lipinski definition) is 1. The van der Waals surface area contributed by atoms with E-state index in [1.54, 1.807) is 42.1 Å². The summed E-state index contributed by atoms with van der Waals surface area (Å²) in [6, 6.07) is 6.27. The van der Waals surface area contributed by atoms with E-state index in [-0.39, 0.29) is 11.9 Å². The molecule has 2 heterocycles. The molecule has 2 atom stereocenters. The van der Waals surface area contributed by atoms with E-state index in [1.165, 1.54) is 17.3 Å². The maximum atomic E-state index is 12.5. The molecular weight excluding hydrogens is 363 g/mol. The summed E-state index contributed by atoms with van der Waals surface area (Å²) in [5.41, 5.74) is 0.817. The van der Waals surface area contributed by atoms with Gasteiger partial charge in [-0.3, -0.25) is 4.79 Å². The summed E-state index contributed by atoms with van der Waals surface area (Å²) in [5.74, 6) is 0.331. The van der Waals surface area contributed by atoms with Crippen molar-refractivity contribution in [2.75, 3.05) is 5.32 Å². The lowest BCUT2D eigenvalue weighted by Crippen LogP contribution is -2.26. The molecule has 0 saturated carbocycles. The highest BCUT2D eigenvalue weighted by atomic mass is 35.5. The van der Waals surface area contributed by atoms with Gasteiger partial charge in [0.05, 0.1) is 12.2 Å². The standard InChI is InChI=1S/C16H16Cl2N6O/c1-10(13-7-12(17)3-4-14(13)18)24-15(5-6-20-24)22-16(25)11(2)23-9-19-8-21-23/h3-11H,1-2H3,(H,22,25)/t10-,11-/m1/s1. The number of nitrogens with zero attached hydrogens (tertiary/aromatic N) is 5. The third kappa shape index (κ3) is 3.67. The molecule has 0 spiro atoms. The van der Waals surface area contributed by atoms with Crippen LogP contribution >= 0.6 is 23.2 Å². The van der Waals surface area contributed by atoms with E-state index in [0.717, 1.165) is 5.56 Å². The smallest absolute Gasteiger partial charge is 0.250 e. The summed E-state index contributed by atoms with van der Waals surface area (Å²) in [6.07, 6.45) is 4.50. The van der Waals surface area contributed by atoms with Crippen molar-refractivity contribution in [1.29, 1.82) is 0 Å². The number of aromatic nitrogens is 5. The number of hydrogen-bond acceptors (Lipinski definition) is 4. The Morgan fingerprint density at radius 3 is 2.72 bits per heavy atom. The molecule has 1 aromatic carbocycles. The summed E-state index contributed by atoms with van der Waals surface area (Å²) in [6.45, 7) is 3.67. The van der Waals surface area contributed by atoms with E-state index in [2.05, 4.69) is 20.5 Å². The Balaban J connectivity index is 1.83. The minimum atomic E-state index is -0.504. The van der Waals surface area contributed by atoms with Crippen molar-refractivity contribution in [2.24, 2.45) is 0 Å². The first kappa shape index (κ1) is 17.4. The highest BCUT2D eigenvalue weighted by molar-refractivity contribution is 6.33. The SMILES string of the molecule is C[C@H](C(=O)Nc1ccnn1[C@H](C)c1cc(Cl)ccc1Cl)n1cncn1. The van der Waals surface area contributed by atoms with E-state index < -0.39 is 6.04 Å². The topological polar surface area (TPSA) is 77.6 Å². The summed E-state index contributed by atoms with van der Waals surface area (Å²) >= 11 is 12.3. The van der Waals surface area contributed by atoms with Crippen molar-refractivity contribution in [3.63, 3.8) is 0 Å². The van der Waals surface area contributed by atoms with Crippen molar-refractivity contribution in [3.05, 3.63) is 58.7 Å². The fourth-order valence-electron chi connectivity index (χ4n) is 2.46. The number of halogens is 2. The zero-order valence-corrected chi connectivity index (χ0v) is 15.1. The van der Waals surface area contributed by atoms with Crippen LogP contribution in [0.2, 0.25) is 10.0 Å². The van der Waals surface area contributed by atoms with Gasteiger partial charge in [-0.1, -0.05) is 23.2 Å². The predicted molar refractivity (Wildman–Crippen MR) is 95.9 cm³/mol. The summed E-state index contributed by atoms with van der Waals surface area (Å²) < 4.78 is 3.16. The second-order valence-corrected chi connectivity index (χ2v) is 6.39. The Labute approximate surface area is 154 Å². The van der Waals surface area contributed by atoms with Gasteiger partial charge >= 0.3 is 0 Å². The Morgan fingerprint density at radius 2 is 2.00 bits per heavy atom. The lowest BCUT2D eigenvalue weighted by Gasteiger charge is -2.19. The van der Waals surface area contributed by atoms with Gasteiger partial charge in [0.1, 0.15) is 24.5 Å². The Kier molecular flexibility index (Phi) is 5.06. The molecule has 0 saturated heterocycles. The molecule has 3 rings (SSSR count). The maximum Gasteiger partial charge on any atom is 0.250 e. The molecule has 3 aromatic rings. The number of rotatable bonds is 5. The first-order valence-corrected chi connectivity index (χ1v) is 8.36. The van der Waals surface area contributed by atoms with E-state index >= 15 is 0 Å². The zero-order valence-electron chi connectivity index (χ0n) is 13.6. The van der Waals surface area contributed by atoms with Crippen molar-refractivity contribution < 1.29 is 4.79 Å². The highest BCUT2D eigenvalue weighted by Gasteiger charge is 2.20. The molecule has 1 N–H and O–H groups in total. The molecule has 2 aromatic heterocycles. The van der Waals surface area contributed by atoms with E-state index in [4.69, 9.17) is 23.2 Å². The number of carbonyl (C=O) groups excluding carboxylic acids is 1. The van der Waals surface area contributed by atoms with Gasteiger partial charge in [-0.25, -0.2) is 14.3 Å². The molecule has 1 amide bonds. The molecule has 0 unspecified atom stereocenters. The Morgan fingerprint density at radius 1 is 1.20 bits per heavy atom. The van der Waals surface area contributed by atoms with Crippen LogP contribution in [0.5, 0.6) is 0 Å². The van der Waals surface area contributed by atoms with Gasteiger partial charge in [-0.15, -0.1) is 0 Å². The molecule has 25 heavy (non-hydrogen) atoms. The normalized spacial score (nSPS) is 13.4. The molecule has 0 aliphatic carbocycles. The largest absolute Gasteiger partial charge is 0.309 e. The van der Waals surface area contributed by atoms with E-state index in [1.807, 2.05) is 6.92 Å². The van der Waals surface area contributed by atoms with Gasteiger partial charge in [-0.2, -0.15) is 10.2 Å². The third-order valence-electron chi connectivity index (χ3n) is 3.91. The van der Waals surface area contributed by atoms with Crippen LogP contribution in [0.15, 0.2) is 43.1 Å². The lowest BCUT2D eigenvalue weighted by molar-refractivity contribution is -0.119. The Bertz CT molecular complexity index is 877. The van der Waals surface area contributed by atoms with Crippen LogP contribution in [0.25, 0.3) is 0 Å². The third-order valence-corrected chi connectivity index (χ3v) is 4.49. The minimum Gasteiger partial charge on any atom is -0.309 e. The van der Waals surface area contributed by atoms with Crippen LogP contribution in [-0.2, 0) is 4.79 Å². The molecule has 0 fully saturated rings. The van der Waals surface area contributed by atoms with Crippen LogP contribution in [-0.4, -0.2) is 30.5 Å². The van der Waals surface area contributed by atoms with Crippen molar-refractivity contribution >= 4 is 34.9 Å². The molecule has 0 aliphatic heterocycles. The highest BCUT2D eigenvalue weighted by Crippen LogP contribution is 2.30. The van der Waals surface area contributed by atoms with Crippen LogP contribution in [0.1, 0.15) is 31.5 Å². The average Bonchev–Trinajstić information content (AvgIpc) is 3.27. The molecule has 0 bridgehead atoms. The van der Waals surface area contributed by atoms with Gasteiger partial charge in [0.15, 0.2) is 0 Å². The van der Waals surface area contributed by atoms with Crippen LogP contribution in [0.3, 0.4) is 0 Å². The Hall–Kier alpha value is -2.38. The van der Waals surface area contributed by atoms with Gasteiger partial charge in [-0.05, 0) is 37.6 Å². The van der Waals surface area contributed by atoms with Crippen LogP contribution in [0, 0.1) is 0 Å². The van der Waals surface area contributed by atoms with Gasteiger partial charge in [0, 0.05) is 16.1 Å². The van der Waals surface area contributed by atoms with Crippen molar-refractivity contribution in [2.45, 2.75) is 25.9 Å². The number of nitrogens with one attached hydrogen (secondary N) is 1. The quantitative estimate of drug-likeness (QED) is 0.735. The zero-order chi connectivity index (χ0) is 18.0. The molecule has 130 valence electrons. The molecule has 7 nitrogen and oxygen atoms in total. The van der Waals surface area contributed by atoms with Crippen molar-refractivity contribution in [1.82, 2.24) is 24.5 Å². The first-order chi connectivity index (χ1) is 12.0. The number of benzene rings is 1. The van der Waals surface area contributed by atoms with Crippen molar-refractivity contribution in [3.8, 4) is 0 Å². The summed E-state index contributed by atoms with van der Waals surface area (Å²) in [7, 11) is 0. The minimum absolute atomic E-state index is 0.210. The summed E-state index contributed by atoms with van der Waals surface area (Å²) in [5, 5.41) is 12.3. The number of carbonyl (C=O) groups is 1. The second kappa shape index (κ2) is 7.25. The second-order valence-electron chi connectivity index (χ2n) is 5.54. The van der Waals surface area contributed by atoms with Crippen LogP contribution < -0.4 is 5.32 Å². The average molecular weight is 379 g/mol. The van der Waals surface area contributed by atoms with E-state index in [0.29, 0.717) is 15.9 Å². The van der Waals surface area contributed by atoms with E-state index in [9.17, 15) is 4.79 Å². The summed E-state index contributed by atoms with van der Waals surface area (Å²) in [4.78, 5) is 16.3.